The Kier molecular flexibility index (Phi) is 4.78. The van der Waals surface area contributed by atoms with Gasteiger partial charge >= 0.3 is 0 Å². The Morgan fingerprint density at radius 3 is 2.62 bits per heavy atom. The Bertz CT molecular complexity index is 500. The van der Waals surface area contributed by atoms with Crippen LogP contribution in [0, 0.1) is 0 Å². The lowest BCUT2D eigenvalue weighted by atomic mass is 10.0. The zero-order valence-corrected chi connectivity index (χ0v) is 12.9. The van der Waals surface area contributed by atoms with Crippen molar-refractivity contribution >= 4 is 17.5 Å². The van der Waals surface area contributed by atoms with Crippen molar-refractivity contribution in [2.75, 3.05) is 13.1 Å². The topological polar surface area (TPSA) is 44.4 Å². The Hall–Kier alpha value is -1.10. The summed E-state index contributed by atoms with van der Waals surface area (Å²) in [6, 6.07) is 7.83. The molecule has 3 rings (SSSR count). The van der Waals surface area contributed by atoms with E-state index in [1.54, 1.807) is 0 Å². The van der Waals surface area contributed by atoms with E-state index >= 15 is 0 Å². The smallest absolute Gasteiger partial charge is 0.241 e. The van der Waals surface area contributed by atoms with Crippen molar-refractivity contribution in [2.45, 2.75) is 44.2 Å². The summed E-state index contributed by atoms with van der Waals surface area (Å²) in [5, 5.41) is 0.733. The predicted molar refractivity (Wildman–Crippen MR) is 83.9 cm³/mol. The van der Waals surface area contributed by atoms with E-state index in [0.29, 0.717) is 0 Å². The summed E-state index contributed by atoms with van der Waals surface area (Å²) in [5.74, 6) is 0.230. The first-order chi connectivity index (χ1) is 10.2. The first-order valence-corrected chi connectivity index (χ1v) is 8.17. The fourth-order valence-electron chi connectivity index (χ4n) is 3.17. The van der Waals surface area contributed by atoms with Crippen LogP contribution in [0.15, 0.2) is 24.3 Å². The minimum absolute atomic E-state index is 0.132. The van der Waals surface area contributed by atoms with Crippen molar-refractivity contribution in [2.24, 2.45) is 0 Å². The molecule has 0 aromatic heterocycles. The maximum atomic E-state index is 12.6. The summed E-state index contributed by atoms with van der Waals surface area (Å²) in [7, 11) is 0. The Balaban J connectivity index is 1.62. The Morgan fingerprint density at radius 1 is 1.14 bits per heavy atom. The molecule has 2 fully saturated rings. The Morgan fingerprint density at radius 2 is 1.90 bits per heavy atom. The standard InChI is InChI=1S/C16H22ClN3O/c17-13-7-5-6-12(10-13)14-11-15(19-18-14)16(21)20-8-3-1-2-4-9-20/h5-7,10,14-15,18-19H,1-4,8-9,11H2. The van der Waals surface area contributed by atoms with Gasteiger partial charge in [-0.2, -0.15) is 0 Å². The minimum atomic E-state index is -0.132. The lowest BCUT2D eigenvalue weighted by Gasteiger charge is -2.23. The van der Waals surface area contributed by atoms with Crippen molar-refractivity contribution in [3.05, 3.63) is 34.9 Å². The lowest BCUT2D eigenvalue weighted by molar-refractivity contribution is -0.133. The summed E-state index contributed by atoms with van der Waals surface area (Å²) >= 11 is 6.04. The van der Waals surface area contributed by atoms with Gasteiger partial charge in [-0.1, -0.05) is 36.6 Å². The molecule has 2 N–H and O–H groups in total. The van der Waals surface area contributed by atoms with Crippen LogP contribution in [0.5, 0.6) is 0 Å². The molecule has 0 saturated carbocycles. The van der Waals surface area contributed by atoms with Gasteiger partial charge in [0.25, 0.3) is 0 Å². The van der Waals surface area contributed by atoms with E-state index in [1.165, 1.54) is 12.8 Å². The quantitative estimate of drug-likeness (QED) is 0.883. The van der Waals surface area contributed by atoms with Gasteiger partial charge in [0.05, 0.1) is 0 Å². The van der Waals surface area contributed by atoms with Crippen LogP contribution in [0.2, 0.25) is 5.02 Å². The molecule has 2 heterocycles. The van der Waals surface area contributed by atoms with Crippen LogP contribution in [0.25, 0.3) is 0 Å². The third-order valence-electron chi connectivity index (χ3n) is 4.37. The number of benzene rings is 1. The van der Waals surface area contributed by atoms with Crippen LogP contribution in [0.1, 0.15) is 43.7 Å². The molecule has 1 aromatic rings. The first-order valence-electron chi connectivity index (χ1n) is 7.79. The van der Waals surface area contributed by atoms with Crippen molar-refractivity contribution in [3.63, 3.8) is 0 Å². The molecule has 2 saturated heterocycles. The minimum Gasteiger partial charge on any atom is -0.341 e. The number of nitrogens with one attached hydrogen (secondary N) is 2. The summed E-state index contributed by atoms with van der Waals surface area (Å²) in [4.78, 5) is 14.6. The molecule has 0 aliphatic carbocycles. The summed E-state index contributed by atoms with van der Waals surface area (Å²) in [5.41, 5.74) is 7.51. The predicted octanol–water partition coefficient (Wildman–Crippen LogP) is 2.65. The monoisotopic (exact) mass is 307 g/mol. The van der Waals surface area contributed by atoms with Crippen molar-refractivity contribution in [1.82, 2.24) is 15.8 Å². The molecule has 5 heteroatoms. The number of halogens is 1. The van der Waals surface area contributed by atoms with Crippen LogP contribution >= 0.6 is 11.6 Å². The van der Waals surface area contributed by atoms with Gasteiger partial charge in [-0.3, -0.25) is 4.79 Å². The van der Waals surface area contributed by atoms with Crippen LogP contribution in [-0.2, 0) is 4.79 Å². The van der Waals surface area contributed by atoms with Crippen molar-refractivity contribution < 1.29 is 4.79 Å². The lowest BCUT2D eigenvalue weighted by Crippen LogP contribution is -2.45. The third kappa shape index (κ3) is 3.57. The fraction of sp³-hybridized carbons (Fsp3) is 0.562. The molecule has 2 aliphatic heterocycles. The molecular formula is C16H22ClN3O. The van der Waals surface area contributed by atoms with Gasteiger partial charge in [-0.15, -0.1) is 0 Å². The number of hydrazine groups is 1. The molecule has 1 amide bonds. The van der Waals surface area contributed by atoms with Crippen LogP contribution in [-0.4, -0.2) is 29.9 Å². The van der Waals surface area contributed by atoms with Crippen LogP contribution in [0.4, 0.5) is 0 Å². The number of amides is 1. The van der Waals surface area contributed by atoms with E-state index in [2.05, 4.69) is 10.9 Å². The van der Waals surface area contributed by atoms with Crippen molar-refractivity contribution in [3.8, 4) is 0 Å². The van der Waals surface area contributed by atoms with E-state index < -0.39 is 0 Å². The number of hydrogen-bond donors (Lipinski definition) is 2. The number of rotatable bonds is 2. The fourth-order valence-corrected chi connectivity index (χ4v) is 3.37. The van der Waals surface area contributed by atoms with E-state index in [-0.39, 0.29) is 18.0 Å². The number of carbonyl (C=O) groups is 1. The first kappa shape index (κ1) is 14.8. The molecule has 0 bridgehead atoms. The molecule has 4 nitrogen and oxygen atoms in total. The highest BCUT2D eigenvalue weighted by atomic mass is 35.5. The van der Waals surface area contributed by atoms with Gasteiger partial charge < -0.3 is 4.90 Å². The van der Waals surface area contributed by atoms with Gasteiger partial charge in [0, 0.05) is 24.2 Å². The highest BCUT2D eigenvalue weighted by molar-refractivity contribution is 6.30. The largest absolute Gasteiger partial charge is 0.341 e. The van der Waals surface area contributed by atoms with E-state index in [9.17, 15) is 4.79 Å². The molecule has 2 unspecified atom stereocenters. The second-order valence-corrected chi connectivity index (χ2v) is 6.36. The molecule has 21 heavy (non-hydrogen) atoms. The summed E-state index contributed by atoms with van der Waals surface area (Å²) in [6.45, 7) is 1.80. The zero-order valence-electron chi connectivity index (χ0n) is 12.1. The van der Waals surface area contributed by atoms with Crippen LogP contribution in [0.3, 0.4) is 0 Å². The number of carbonyl (C=O) groups excluding carboxylic acids is 1. The number of nitrogens with zero attached hydrogens (tertiary/aromatic N) is 1. The van der Waals surface area contributed by atoms with Crippen molar-refractivity contribution in [1.29, 1.82) is 0 Å². The highest BCUT2D eigenvalue weighted by Gasteiger charge is 2.32. The number of likely N-dealkylation sites (tertiary alicyclic amines) is 1. The maximum absolute atomic E-state index is 12.6. The van der Waals surface area contributed by atoms with E-state index in [4.69, 9.17) is 11.6 Å². The van der Waals surface area contributed by atoms with E-state index in [0.717, 1.165) is 42.9 Å². The van der Waals surface area contributed by atoms with Crippen LogP contribution < -0.4 is 10.9 Å². The second-order valence-electron chi connectivity index (χ2n) is 5.92. The molecule has 0 spiro atoms. The summed E-state index contributed by atoms with van der Waals surface area (Å²) < 4.78 is 0. The Labute approximate surface area is 130 Å². The second kappa shape index (κ2) is 6.77. The van der Waals surface area contributed by atoms with Gasteiger partial charge in [0.2, 0.25) is 5.91 Å². The molecule has 2 atom stereocenters. The maximum Gasteiger partial charge on any atom is 0.241 e. The highest BCUT2D eigenvalue weighted by Crippen LogP contribution is 2.25. The molecule has 0 radical (unpaired) electrons. The molecular weight excluding hydrogens is 286 g/mol. The van der Waals surface area contributed by atoms with Gasteiger partial charge in [0.1, 0.15) is 6.04 Å². The molecule has 2 aliphatic rings. The van der Waals surface area contributed by atoms with Gasteiger partial charge in [0.15, 0.2) is 0 Å². The average Bonchev–Trinajstić information content (AvgIpc) is 2.82. The third-order valence-corrected chi connectivity index (χ3v) is 4.61. The molecule has 1 aromatic carbocycles. The average molecular weight is 308 g/mol. The van der Waals surface area contributed by atoms with Gasteiger partial charge in [-0.25, -0.2) is 10.9 Å². The normalized spacial score (nSPS) is 26.6. The molecule has 114 valence electrons. The zero-order chi connectivity index (χ0) is 14.7. The summed E-state index contributed by atoms with van der Waals surface area (Å²) in [6.07, 6.45) is 5.51. The number of hydrogen-bond acceptors (Lipinski definition) is 3. The van der Waals surface area contributed by atoms with Gasteiger partial charge in [-0.05, 0) is 37.0 Å². The van der Waals surface area contributed by atoms with E-state index in [1.807, 2.05) is 29.2 Å². The SMILES string of the molecule is O=C(C1CC(c2cccc(Cl)c2)NN1)N1CCCCCC1.